The molecule has 1 aromatic carbocycles. The molecule has 0 aliphatic heterocycles. The Morgan fingerprint density at radius 3 is 2.00 bits per heavy atom. The average molecular weight is 272 g/mol. The molecule has 0 unspecified atom stereocenters. The third-order valence-corrected chi connectivity index (χ3v) is 2.29. The van der Waals surface area contributed by atoms with Gasteiger partial charge in [-0.2, -0.15) is 13.2 Å². The summed E-state index contributed by atoms with van der Waals surface area (Å²) in [4.78, 5) is 5.56. The van der Waals surface area contributed by atoms with Crippen LogP contribution in [0.5, 0.6) is 0 Å². The van der Waals surface area contributed by atoms with E-state index in [1.165, 1.54) is 12.1 Å². The molecule has 0 fully saturated rings. The summed E-state index contributed by atoms with van der Waals surface area (Å²) in [5.74, 6) is 0. The lowest BCUT2D eigenvalue weighted by molar-refractivity contribution is -0.138. The Morgan fingerprint density at radius 1 is 1.05 bits per heavy atom. The van der Waals surface area contributed by atoms with Gasteiger partial charge in [0.2, 0.25) is 0 Å². The Hall–Kier alpha value is -3.29. The predicted octanol–water partition coefficient (Wildman–Crippen LogP) is 1.81. The second-order valence-electron chi connectivity index (χ2n) is 3.40. The fraction of sp³-hybridized carbons (Fsp3) is 0.0769. The molecule has 0 aliphatic carbocycles. The van der Waals surface area contributed by atoms with Crippen molar-refractivity contribution in [2.24, 2.45) is 0 Å². The van der Waals surface area contributed by atoms with Gasteiger partial charge in [-0.25, -0.2) is 20.2 Å². The third-order valence-electron chi connectivity index (χ3n) is 2.29. The molecular weight excluding hydrogens is 269 g/mol. The number of nitriles is 2. The van der Waals surface area contributed by atoms with Crippen molar-refractivity contribution in [3.05, 3.63) is 57.0 Å². The molecule has 0 spiro atoms. The molecule has 96 valence electrons. The SMILES string of the molecule is [C-]#[N+]C(C#N)=c1ccc(=C(C#N)[N+]#[C-])c(C(F)(F)F)c1. The summed E-state index contributed by atoms with van der Waals surface area (Å²) in [6.45, 7) is 13.4. The Bertz CT molecular complexity index is 805. The number of rotatable bonds is 0. The Kier molecular flexibility index (Phi) is 4.11. The van der Waals surface area contributed by atoms with Crippen LogP contribution in [0.4, 0.5) is 13.2 Å². The van der Waals surface area contributed by atoms with Gasteiger partial charge >= 0.3 is 6.18 Å². The van der Waals surface area contributed by atoms with Gasteiger partial charge in [-0.3, -0.25) is 0 Å². The van der Waals surface area contributed by atoms with Gasteiger partial charge in [0.25, 0.3) is 11.4 Å². The van der Waals surface area contributed by atoms with Crippen LogP contribution in [-0.2, 0) is 6.18 Å². The highest BCUT2D eigenvalue weighted by molar-refractivity contribution is 5.68. The molecule has 0 bridgehead atoms. The van der Waals surface area contributed by atoms with Gasteiger partial charge in [0.15, 0.2) is 0 Å². The minimum absolute atomic E-state index is 0.208. The summed E-state index contributed by atoms with van der Waals surface area (Å²) >= 11 is 0. The second kappa shape index (κ2) is 5.57. The third kappa shape index (κ3) is 2.75. The van der Waals surface area contributed by atoms with Crippen LogP contribution in [-0.4, -0.2) is 0 Å². The number of nitrogens with zero attached hydrogens (tertiary/aromatic N) is 4. The maximum atomic E-state index is 12.9. The van der Waals surface area contributed by atoms with E-state index in [0.717, 1.165) is 12.1 Å². The fourth-order valence-electron chi connectivity index (χ4n) is 1.43. The van der Waals surface area contributed by atoms with E-state index in [0.29, 0.717) is 6.07 Å². The van der Waals surface area contributed by atoms with Gasteiger partial charge in [-0.15, -0.1) is 0 Å². The topological polar surface area (TPSA) is 56.3 Å². The second-order valence-corrected chi connectivity index (χ2v) is 3.40. The van der Waals surface area contributed by atoms with Crippen LogP contribution in [0.3, 0.4) is 0 Å². The molecule has 1 rings (SSSR count). The molecule has 0 saturated heterocycles. The number of hydrogen-bond acceptors (Lipinski definition) is 2. The average Bonchev–Trinajstić information content (AvgIpc) is 2.41. The smallest absolute Gasteiger partial charge is 0.226 e. The van der Waals surface area contributed by atoms with Gasteiger partial charge in [-0.05, 0) is 5.22 Å². The van der Waals surface area contributed by atoms with Crippen LogP contribution < -0.4 is 10.4 Å². The first-order valence-electron chi connectivity index (χ1n) is 4.90. The number of halogens is 3. The maximum Gasteiger partial charge on any atom is 0.415 e. The summed E-state index contributed by atoms with van der Waals surface area (Å²) in [7, 11) is 0. The Balaban J connectivity index is 4.03. The van der Waals surface area contributed by atoms with Gasteiger partial charge in [-0.1, -0.05) is 18.2 Å². The van der Waals surface area contributed by atoms with Crippen molar-refractivity contribution in [2.75, 3.05) is 0 Å². The van der Waals surface area contributed by atoms with Crippen LogP contribution in [0.15, 0.2) is 18.2 Å². The van der Waals surface area contributed by atoms with Gasteiger partial charge in [0.05, 0.1) is 30.8 Å². The van der Waals surface area contributed by atoms with E-state index in [-0.39, 0.29) is 5.22 Å². The van der Waals surface area contributed by atoms with E-state index in [2.05, 4.69) is 9.69 Å². The maximum absolute atomic E-state index is 12.9. The molecule has 0 N–H and O–H groups in total. The van der Waals surface area contributed by atoms with Crippen molar-refractivity contribution in [2.45, 2.75) is 6.18 Å². The van der Waals surface area contributed by atoms with E-state index in [1.54, 1.807) is 0 Å². The summed E-state index contributed by atoms with van der Waals surface area (Å²) in [5, 5.41) is 16.5. The summed E-state index contributed by atoms with van der Waals surface area (Å²) in [6, 6.07) is 5.48. The van der Waals surface area contributed by atoms with E-state index in [1.807, 2.05) is 0 Å². The molecular formula is C13H3F3N4. The number of benzene rings is 1. The fourth-order valence-corrected chi connectivity index (χ4v) is 1.43. The first kappa shape index (κ1) is 14.8. The van der Waals surface area contributed by atoms with Crippen LogP contribution in [0.1, 0.15) is 5.56 Å². The predicted molar refractivity (Wildman–Crippen MR) is 61.9 cm³/mol. The lowest BCUT2D eigenvalue weighted by Crippen LogP contribution is -2.24. The monoisotopic (exact) mass is 272 g/mol. The van der Waals surface area contributed by atoms with Gasteiger partial charge < -0.3 is 0 Å². The highest BCUT2D eigenvalue weighted by atomic mass is 19.4. The van der Waals surface area contributed by atoms with E-state index in [4.69, 9.17) is 23.7 Å². The summed E-state index contributed by atoms with van der Waals surface area (Å²) in [6.07, 6.45) is -4.80. The molecule has 0 heterocycles. The molecule has 20 heavy (non-hydrogen) atoms. The highest BCUT2D eigenvalue weighted by Gasteiger charge is 2.32. The lowest BCUT2D eigenvalue weighted by Gasteiger charge is -2.08. The van der Waals surface area contributed by atoms with Crippen molar-refractivity contribution in [3.63, 3.8) is 0 Å². The van der Waals surface area contributed by atoms with Crippen LogP contribution >= 0.6 is 0 Å². The largest absolute Gasteiger partial charge is 0.415 e. The zero-order chi connectivity index (χ0) is 15.3. The first-order valence-corrected chi connectivity index (χ1v) is 4.90. The molecule has 0 atom stereocenters. The quantitative estimate of drug-likeness (QED) is 0.676. The standard InChI is InChI=1S/C13H3F3N4/c1-19-11(6-17)8-3-4-9(12(7-18)20-2)10(5-8)13(14,15)16/h3-5H. The van der Waals surface area contributed by atoms with Crippen LogP contribution in [0, 0.1) is 35.8 Å². The Morgan fingerprint density at radius 2 is 1.60 bits per heavy atom. The van der Waals surface area contributed by atoms with E-state index < -0.39 is 28.4 Å². The summed E-state index contributed by atoms with van der Waals surface area (Å²) in [5.41, 5.74) is -2.42. The van der Waals surface area contributed by atoms with Gasteiger partial charge in [0.1, 0.15) is 0 Å². The van der Waals surface area contributed by atoms with Gasteiger partial charge in [0, 0.05) is 5.22 Å². The first-order chi connectivity index (χ1) is 9.38. The van der Waals surface area contributed by atoms with Crippen LogP contribution in [0.25, 0.3) is 21.1 Å². The molecule has 0 aliphatic rings. The number of hydrogen-bond donors (Lipinski definition) is 0. The molecule has 0 amide bonds. The molecule has 0 radical (unpaired) electrons. The van der Waals surface area contributed by atoms with Crippen molar-refractivity contribution in [1.82, 2.24) is 0 Å². The zero-order valence-corrected chi connectivity index (χ0v) is 9.65. The highest BCUT2D eigenvalue weighted by Crippen LogP contribution is 2.26. The van der Waals surface area contributed by atoms with E-state index in [9.17, 15) is 13.2 Å². The molecule has 0 aromatic heterocycles. The van der Waals surface area contributed by atoms with Crippen molar-refractivity contribution in [1.29, 1.82) is 10.5 Å². The normalized spacial score (nSPS) is 13.2. The lowest BCUT2D eigenvalue weighted by atomic mass is 10.1. The van der Waals surface area contributed by atoms with Crippen LogP contribution in [0.2, 0.25) is 0 Å². The molecule has 0 saturated carbocycles. The number of alkyl halides is 3. The minimum Gasteiger partial charge on any atom is -0.226 e. The van der Waals surface area contributed by atoms with E-state index >= 15 is 0 Å². The molecule has 4 nitrogen and oxygen atoms in total. The minimum atomic E-state index is -4.80. The Labute approximate surface area is 111 Å². The van der Waals surface area contributed by atoms with Crippen molar-refractivity contribution >= 4 is 11.4 Å². The summed E-state index contributed by atoms with van der Waals surface area (Å²) < 4.78 is 38.8. The molecule has 7 heteroatoms. The molecule has 1 aromatic rings. The van der Waals surface area contributed by atoms with Crippen molar-refractivity contribution in [3.8, 4) is 12.1 Å². The van der Waals surface area contributed by atoms with Crippen molar-refractivity contribution < 1.29 is 13.2 Å². The zero-order valence-electron chi connectivity index (χ0n) is 9.65.